The lowest BCUT2D eigenvalue weighted by atomic mass is 10.1. The molecule has 2 rings (SSSR count). The lowest BCUT2D eigenvalue weighted by molar-refractivity contribution is -0.141. The van der Waals surface area contributed by atoms with Crippen molar-refractivity contribution in [3.8, 4) is 0 Å². The Balaban J connectivity index is 2.04. The van der Waals surface area contributed by atoms with Gasteiger partial charge in [-0.3, -0.25) is 9.69 Å². The van der Waals surface area contributed by atoms with Crippen molar-refractivity contribution < 1.29 is 9.90 Å². The van der Waals surface area contributed by atoms with Crippen molar-refractivity contribution >= 4 is 11.7 Å². The molecule has 1 aliphatic rings. The Kier molecular flexibility index (Phi) is 4.10. The van der Waals surface area contributed by atoms with E-state index < -0.39 is 5.97 Å². The monoisotopic (exact) mass is 262 g/mol. The smallest absolute Gasteiger partial charge is 0.307 e. The standard InChI is InChI=1S/C15H22N2O2/c1-11(17-9-8-13(10-17)15(18)19)12-4-6-14(7-5-12)16(2)3/h4-7,11,13H,8-10H2,1-3H3,(H,18,19). The van der Waals surface area contributed by atoms with Crippen molar-refractivity contribution in [2.75, 3.05) is 32.1 Å². The molecule has 0 aliphatic carbocycles. The van der Waals surface area contributed by atoms with Crippen molar-refractivity contribution in [2.24, 2.45) is 5.92 Å². The molecule has 2 atom stereocenters. The zero-order chi connectivity index (χ0) is 14.0. The lowest BCUT2D eigenvalue weighted by Gasteiger charge is -2.25. The summed E-state index contributed by atoms with van der Waals surface area (Å²) in [6.45, 7) is 3.67. The topological polar surface area (TPSA) is 43.8 Å². The van der Waals surface area contributed by atoms with E-state index in [2.05, 4.69) is 41.0 Å². The summed E-state index contributed by atoms with van der Waals surface area (Å²) in [4.78, 5) is 15.3. The molecule has 1 heterocycles. The van der Waals surface area contributed by atoms with E-state index in [1.165, 1.54) is 11.3 Å². The molecule has 1 aromatic rings. The van der Waals surface area contributed by atoms with Crippen LogP contribution in [0.15, 0.2) is 24.3 Å². The molecule has 2 unspecified atom stereocenters. The molecule has 104 valence electrons. The summed E-state index contributed by atoms with van der Waals surface area (Å²) in [6.07, 6.45) is 0.759. The molecular weight excluding hydrogens is 240 g/mol. The van der Waals surface area contributed by atoms with Gasteiger partial charge >= 0.3 is 5.97 Å². The Bertz CT molecular complexity index is 442. The van der Waals surface area contributed by atoms with E-state index in [4.69, 9.17) is 5.11 Å². The van der Waals surface area contributed by atoms with Crippen LogP contribution in [0.4, 0.5) is 5.69 Å². The molecule has 1 saturated heterocycles. The molecule has 4 heteroatoms. The zero-order valence-corrected chi connectivity index (χ0v) is 11.8. The SMILES string of the molecule is CC(c1ccc(N(C)C)cc1)N1CCC(C(=O)O)C1. The number of anilines is 1. The quantitative estimate of drug-likeness (QED) is 0.903. The van der Waals surface area contributed by atoms with Gasteiger partial charge in [-0.1, -0.05) is 12.1 Å². The normalized spacial score (nSPS) is 21.3. The second-order valence-electron chi connectivity index (χ2n) is 5.48. The average Bonchev–Trinajstić information content (AvgIpc) is 2.87. The van der Waals surface area contributed by atoms with Crippen LogP contribution in [0.1, 0.15) is 24.9 Å². The highest BCUT2D eigenvalue weighted by molar-refractivity contribution is 5.70. The Morgan fingerprint density at radius 1 is 1.37 bits per heavy atom. The molecule has 4 nitrogen and oxygen atoms in total. The van der Waals surface area contributed by atoms with Crippen LogP contribution in [0.25, 0.3) is 0 Å². The van der Waals surface area contributed by atoms with Gasteiger partial charge in [-0.25, -0.2) is 0 Å². The van der Waals surface area contributed by atoms with Crippen LogP contribution in [0.5, 0.6) is 0 Å². The summed E-state index contributed by atoms with van der Waals surface area (Å²) in [7, 11) is 4.05. The third-order valence-electron chi connectivity index (χ3n) is 4.01. The molecule has 0 saturated carbocycles. The first-order valence-corrected chi connectivity index (χ1v) is 6.73. The number of carboxylic acids is 1. The van der Waals surface area contributed by atoms with Gasteiger partial charge in [0.15, 0.2) is 0 Å². The number of benzene rings is 1. The van der Waals surface area contributed by atoms with Gasteiger partial charge in [0.2, 0.25) is 0 Å². The van der Waals surface area contributed by atoms with Crippen LogP contribution >= 0.6 is 0 Å². The Morgan fingerprint density at radius 2 is 2.00 bits per heavy atom. The summed E-state index contributed by atoms with van der Waals surface area (Å²) in [5, 5.41) is 9.05. The molecule has 0 aromatic heterocycles. The first-order valence-electron chi connectivity index (χ1n) is 6.73. The molecule has 1 aliphatic heterocycles. The van der Waals surface area contributed by atoms with Crippen molar-refractivity contribution in [1.82, 2.24) is 4.90 Å². The van der Waals surface area contributed by atoms with Gasteiger partial charge in [0, 0.05) is 32.4 Å². The molecule has 19 heavy (non-hydrogen) atoms. The van der Waals surface area contributed by atoms with E-state index in [-0.39, 0.29) is 12.0 Å². The third kappa shape index (κ3) is 3.07. The minimum Gasteiger partial charge on any atom is -0.481 e. The highest BCUT2D eigenvalue weighted by Crippen LogP contribution is 2.28. The van der Waals surface area contributed by atoms with Crippen LogP contribution in [0.2, 0.25) is 0 Å². The van der Waals surface area contributed by atoms with Gasteiger partial charge in [-0.15, -0.1) is 0 Å². The maximum Gasteiger partial charge on any atom is 0.307 e. The molecule has 0 bridgehead atoms. The molecule has 0 radical (unpaired) electrons. The second-order valence-corrected chi connectivity index (χ2v) is 5.48. The van der Waals surface area contributed by atoms with Crippen molar-refractivity contribution in [2.45, 2.75) is 19.4 Å². The predicted octanol–water partition coefficient (Wildman–Crippen LogP) is 2.22. The number of carboxylic acid groups (broad SMARTS) is 1. The predicted molar refractivity (Wildman–Crippen MR) is 76.5 cm³/mol. The zero-order valence-electron chi connectivity index (χ0n) is 11.8. The van der Waals surface area contributed by atoms with Gasteiger partial charge in [0.1, 0.15) is 0 Å². The number of hydrogen-bond donors (Lipinski definition) is 1. The highest BCUT2D eigenvalue weighted by atomic mass is 16.4. The van der Waals surface area contributed by atoms with Crippen LogP contribution in [-0.2, 0) is 4.79 Å². The average molecular weight is 262 g/mol. The summed E-state index contributed by atoms with van der Waals surface area (Å²) in [6, 6.07) is 8.76. The van der Waals surface area contributed by atoms with Crippen LogP contribution in [0.3, 0.4) is 0 Å². The van der Waals surface area contributed by atoms with E-state index in [0.717, 1.165) is 13.0 Å². The molecule has 1 N–H and O–H groups in total. The maximum atomic E-state index is 11.0. The molecular formula is C15H22N2O2. The van der Waals surface area contributed by atoms with E-state index in [0.29, 0.717) is 6.54 Å². The fourth-order valence-electron chi connectivity index (χ4n) is 2.60. The largest absolute Gasteiger partial charge is 0.481 e. The number of likely N-dealkylation sites (tertiary alicyclic amines) is 1. The van der Waals surface area contributed by atoms with Gasteiger partial charge in [-0.05, 0) is 37.6 Å². The Morgan fingerprint density at radius 3 is 2.47 bits per heavy atom. The maximum absolute atomic E-state index is 11.0. The van der Waals surface area contributed by atoms with Gasteiger partial charge in [0.05, 0.1) is 5.92 Å². The Labute approximate surface area is 114 Å². The highest BCUT2D eigenvalue weighted by Gasteiger charge is 2.30. The first-order chi connectivity index (χ1) is 8.99. The molecule has 1 fully saturated rings. The summed E-state index contributed by atoms with van der Waals surface area (Å²) < 4.78 is 0. The van der Waals surface area contributed by atoms with Gasteiger partial charge in [0.25, 0.3) is 0 Å². The fraction of sp³-hybridized carbons (Fsp3) is 0.533. The van der Waals surface area contributed by atoms with Crippen LogP contribution < -0.4 is 4.90 Å². The number of carbonyl (C=O) groups is 1. The van der Waals surface area contributed by atoms with Gasteiger partial charge in [-0.2, -0.15) is 0 Å². The molecule has 1 aromatic carbocycles. The molecule has 0 spiro atoms. The van der Waals surface area contributed by atoms with E-state index >= 15 is 0 Å². The summed E-state index contributed by atoms with van der Waals surface area (Å²) in [5.74, 6) is -0.874. The first kappa shape index (κ1) is 13.9. The minimum absolute atomic E-state index is 0.205. The van der Waals surface area contributed by atoms with Crippen molar-refractivity contribution in [1.29, 1.82) is 0 Å². The van der Waals surface area contributed by atoms with E-state index in [1.54, 1.807) is 0 Å². The summed E-state index contributed by atoms with van der Waals surface area (Å²) >= 11 is 0. The third-order valence-corrected chi connectivity index (χ3v) is 4.01. The van der Waals surface area contributed by atoms with E-state index in [9.17, 15) is 4.79 Å². The fourth-order valence-corrected chi connectivity index (χ4v) is 2.60. The number of nitrogens with zero attached hydrogens (tertiary/aromatic N) is 2. The lowest BCUT2D eigenvalue weighted by Crippen LogP contribution is -2.26. The minimum atomic E-state index is -0.669. The van der Waals surface area contributed by atoms with Crippen molar-refractivity contribution in [3.63, 3.8) is 0 Å². The van der Waals surface area contributed by atoms with Crippen molar-refractivity contribution in [3.05, 3.63) is 29.8 Å². The number of hydrogen-bond acceptors (Lipinski definition) is 3. The van der Waals surface area contributed by atoms with Crippen LogP contribution in [-0.4, -0.2) is 43.2 Å². The van der Waals surface area contributed by atoms with Gasteiger partial charge < -0.3 is 10.0 Å². The van der Waals surface area contributed by atoms with E-state index in [1.807, 2.05) is 14.1 Å². The molecule has 0 amide bonds. The summed E-state index contributed by atoms with van der Waals surface area (Å²) in [5.41, 5.74) is 2.43. The Hall–Kier alpha value is -1.55. The number of aliphatic carboxylic acids is 1. The second kappa shape index (κ2) is 5.61. The number of rotatable bonds is 4. The van der Waals surface area contributed by atoms with Crippen LogP contribution in [0, 0.1) is 5.92 Å².